The summed E-state index contributed by atoms with van der Waals surface area (Å²) in [6, 6.07) is 2.11. The van der Waals surface area contributed by atoms with Crippen LogP contribution >= 0.6 is 0 Å². The number of anilines is 3. The number of ether oxygens (including phenoxy) is 1. The first kappa shape index (κ1) is 19.0. The van der Waals surface area contributed by atoms with Gasteiger partial charge in [0.1, 0.15) is 0 Å². The summed E-state index contributed by atoms with van der Waals surface area (Å²) in [7, 11) is 2.10. The van der Waals surface area contributed by atoms with E-state index in [4.69, 9.17) is 4.74 Å². The Bertz CT molecular complexity index is 1050. The van der Waals surface area contributed by atoms with Crippen molar-refractivity contribution in [3.8, 4) is 0 Å². The van der Waals surface area contributed by atoms with E-state index in [9.17, 15) is 4.79 Å². The van der Waals surface area contributed by atoms with E-state index in [2.05, 4.69) is 59.9 Å². The number of hydrogen-bond donors (Lipinski definition) is 2. The van der Waals surface area contributed by atoms with E-state index >= 15 is 0 Å². The maximum Gasteiger partial charge on any atom is 0.254 e. The van der Waals surface area contributed by atoms with Crippen LogP contribution in [-0.4, -0.2) is 55.9 Å². The molecule has 2 aliphatic carbocycles. The Balaban J connectivity index is 1.43. The number of carbonyl (C=O) groups excluding carboxylic acids is 1. The largest absolute Gasteiger partial charge is 0.378 e. The SMILES string of the molecule is CC1Nc2c(cc(C(=O)N3CCOCC3)c3c2NC2(C=C4CC=CC=C4C2)CC3)N1C. The van der Waals surface area contributed by atoms with Crippen LogP contribution < -0.4 is 15.5 Å². The summed E-state index contributed by atoms with van der Waals surface area (Å²) in [5, 5.41) is 7.60. The molecule has 0 bridgehead atoms. The first-order valence-electron chi connectivity index (χ1n) is 11.5. The molecule has 1 saturated heterocycles. The Morgan fingerprint density at radius 1 is 1.23 bits per heavy atom. The van der Waals surface area contributed by atoms with Gasteiger partial charge in [0, 0.05) is 25.7 Å². The second-order valence-electron chi connectivity index (χ2n) is 9.46. The van der Waals surface area contributed by atoms with Crippen LogP contribution in [0.4, 0.5) is 17.1 Å². The average Bonchev–Trinajstić information content (AvgIpc) is 3.30. The number of hydrogen-bond acceptors (Lipinski definition) is 5. The molecule has 31 heavy (non-hydrogen) atoms. The molecule has 162 valence electrons. The van der Waals surface area contributed by atoms with Crippen molar-refractivity contribution in [2.45, 2.75) is 44.3 Å². The zero-order chi connectivity index (χ0) is 21.2. The molecule has 1 amide bonds. The van der Waals surface area contributed by atoms with Crippen molar-refractivity contribution in [1.82, 2.24) is 4.90 Å². The second kappa shape index (κ2) is 6.89. The molecule has 6 rings (SSSR count). The second-order valence-corrected chi connectivity index (χ2v) is 9.46. The predicted octanol–water partition coefficient (Wildman–Crippen LogP) is 3.68. The van der Waals surface area contributed by atoms with Gasteiger partial charge in [-0.15, -0.1) is 0 Å². The van der Waals surface area contributed by atoms with Crippen LogP contribution in [0.2, 0.25) is 0 Å². The summed E-state index contributed by atoms with van der Waals surface area (Å²) in [4.78, 5) is 17.7. The van der Waals surface area contributed by atoms with Crippen molar-refractivity contribution < 1.29 is 9.53 Å². The number of fused-ring (bicyclic) bond motifs is 4. The van der Waals surface area contributed by atoms with Crippen LogP contribution in [0.25, 0.3) is 0 Å². The fourth-order valence-electron chi connectivity index (χ4n) is 5.74. The molecule has 6 heteroatoms. The van der Waals surface area contributed by atoms with Crippen LogP contribution in [0.3, 0.4) is 0 Å². The third-order valence-corrected chi connectivity index (χ3v) is 7.59. The highest BCUT2D eigenvalue weighted by Crippen LogP contribution is 2.51. The molecule has 0 saturated carbocycles. The van der Waals surface area contributed by atoms with Crippen molar-refractivity contribution in [3.63, 3.8) is 0 Å². The fraction of sp³-hybridized carbons (Fsp3) is 0.480. The minimum absolute atomic E-state index is 0.0549. The van der Waals surface area contributed by atoms with Crippen molar-refractivity contribution in [2.75, 3.05) is 48.9 Å². The number of morpholine rings is 1. The van der Waals surface area contributed by atoms with Crippen LogP contribution in [-0.2, 0) is 11.2 Å². The van der Waals surface area contributed by atoms with Gasteiger partial charge in [-0.05, 0) is 55.4 Å². The highest BCUT2D eigenvalue weighted by atomic mass is 16.5. The summed E-state index contributed by atoms with van der Waals surface area (Å²) >= 11 is 0. The van der Waals surface area contributed by atoms with E-state index < -0.39 is 0 Å². The summed E-state index contributed by atoms with van der Waals surface area (Å²) in [5.41, 5.74) is 8.24. The quantitative estimate of drug-likeness (QED) is 0.729. The predicted molar refractivity (Wildman–Crippen MR) is 124 cm³/mol. The average molecular weight is 419 g/mol. The maximum absolute atomic E-state index is 13.6. The van der Waals surface area contributed by atoms with Gasteiger partial charge >= 0.3 is 0 Å². The van der Waals surface area contributed by atoms with Gasteiger partial charge in [-0.3, -0.25) is 4.79 Å². The topological polar surface area (TPSA) is 56.8 Å². The van der Waals surface area contributed by atoms with E-state index in [-0.39, 0.29) is 17.6 Å². The first-order chi connectivity index (χ1) is 15.0. The van der Waals surface area contributed by atoms with Crippen LogP contribution in [0.5, 0.6) is 0 Å². The molecule has 0 aromatic heterocycles. The number of amides is 1. The number of rotatable bonds is 1. The zero-order valence-corrected chi connectivity index (χ0v) is 18.3. The minimum atomic E-state index is -0.0549. The molecular weight excluding hydrogens is 388 g/mol. The van der Waals surface area contributed by atoms with Crippen LogP contribution in [0.1, 0.15) is 42.1 Å². The number of allylic oxidation sites excluding steroid dienone is 4. The monoisotopic (exact) mass is 418 g/mol. The van der Waals surface area contributed by atoms with E-state index in [1.807, 2.05) is 4.90 Å². The van der Waals surface area contributed by atoms with Crippen molar-refractivity contribution in [1.29, 1.82) is 0 Å². The summed E-state index contributed by atoms with van der Waals surface area (Å²) in [5.74, 6) is 0.137. The van der Waals surface area contributed by atoms with Crippen molar-refractivity contribution in [3.05, 3.63) is 52.6 Å². The third-order valence-electron chi connectivity index (χ3n) is 7.59. The molecule has 1 aromatic rings. The lowest BCUT2D eigenvalue weighted by Gasteiger charge is -2.38. The first-order valence-corrected chi connectivity index (χ1v) is 11.5. The molecule has 1 spiro atoms. The Kier molecular flexibility index (Phi) is 4.22. The lowest BCUT2D eigenvalue weighted by molar-refractivity contribution is 0.0302. The van der Waals surface area contributed by atoms with Gasteiger partial charge in [0.25, 0.3) is 5.91 Å². The Hall–Kier alpha value is -2.73. The zero-order valence-electron chi connectivity index (χ0n) is 18.3. The number of benzene rings is 1. The molecule has 2 N–H and O–H groups in total. The van der Waals surface area contributed by atoms with Gasteiger partial charge in [-0.1, -0.05) is 24.3 Å². The molecule has 1 aromatic carbocycles. The van der Waals surface area contributed by atoms with Gasteiger partial charge in [0.2, 0.25) is 0 Å². The molecule has 5 aliphatic rings. The summed E-state index contributed by atoms with van der Waals surface area (Å²) in [6.45, 7) is 4.74. The normalized spacial score (nSPS) is 28.4. The van der Waals surface area contributed by atoms with E-state index in [0.717, 1.165) is 53.9 Å². The number of nitrogens with one attached hydrogen (secondary N) is 2. The van der Waals surface area contributed by atoms with Gasteiger partial charge in [-0.2, -0.15) is 0 Å². The number of nitrogens with zero attached hydrogens (tertiary/aromatic N) is 2. The van der Waals surface area contributed by atoms with E-state index in [1.54, 1.807) is 0 Å². The molecule has 0 radical (unpaired) electrons. The lowest BCUT2D eigenvalue weighted by Crippen LogP contribution is -2.42. The maximum atomic E-state index is 13.6. The molecule has 1 fully saturated rings. The smallest absolute Gasteiger partial charge is 0.254 e. The molecular formula is C25H30N4O2. The molecule has 3 heterocycles. The lowest BCUT2D eigenvalue weighted by atomic mass is 9.82. The molecule has 2 atom stereocenters. The van der Waals surface area contributed by atoms with Gasteiger partial charge in [0.15, 0.2) is 0 Å². The van der Waals surface area contributed by atoms with E-state index in [1.165, 1.54) is 11.1 Å². The summed E-state index contributed by atoms with van der Waals surface area (Å²) < 4.78 is 5.47. The molecule has 6 nitrogen and oxygen atoms in total. The van der Waals surface area contributed by atoms with Gasteiger partial charge in [0.05, 0.1) is 42.0 Å². The Morgan fingerprint density at radius 2 is 2.06 bits per heavy atom. The highest BCUT2D eigenvalue weighted by Gasteiger charge is 2.42. The minimum Gasteiger partial charge on any atom is -0.378 e. The van der Waals surface area contributed by atoms with Gasteiger partial charge in [-0.25, -0.2) is 0 Å². The Labute approximate surface area is 183 Å². The Morgan fingerprint density at radius 3 is 2.87 bits per heavy atom. The van der Waals surface area contributed by atoms with Crippen molar-refractivity contribution >= 4 is 23.0 Å². The number of carbonyl (C=O) groups is 1. The molecule has 2 unspecified atom stereocenters. The van der Waals surface area contributed by atoms with Crippen LogP contribution in [0, 0.1) is 0 Å². The van der Waals surface area contributed by atoms with Crippen LogP contribution in [0.15, 0.2) is 41.5 Å². The highest BCUT2D eigenvalue weighted by molar-refractivity contribution is 6.03. The fourth-order valence-corrected chi connectivity index (χ4v) is 5.74. The third kappa shape index (κ3) is 2.92. The van der Waals surface area contributed by atoms with Gasteiger partial charge < -0.3 is 25.2 Å². The van der Waals surface area contributed by atoms with E-state index in [0.29, 0.717) is 26.3 Å². The standard InChI is InChI=1S/C25H30N4O2/c1-16-26-23-21(28(16)2)13-20(24(30)29-9-11-31-12-10-29)19-7-8-25(27-22(19)23)14-17-5-3-4-6-18(17)15-25/h3-5,13,15-16,26-27H,6-12,14H2,1-2H3. The summed E-state index contributed by atoms with van der Waals surface area (Å²) in [6.07, 6.45) is 13.3. The van der Waals surface area contributed by atoms with Crippen molar-refractivity contribution in [2.24, 2.45) is 0 Å². The molecule has 3 aliphatic heterocycles.